The number of benzene rings is 1. The van der Waals surface area contributed by atoms with Crippen LogP contribution in [0, 0.1) is 0 Å². The number of anilines is 3. The average molecular weight is 461 g/mol. The van der Waals surface area contributed by atoms with E-state index in [0.717, 1.165) is 17.8 Å². The Kier molecular flexibility index (Phi) is 7.16. The largest absolute Gasteiger partial charge is 0.433 e. The summed E-state index contributed by atoms with van der Waals surface area (Å²) in [6.07, 6.45) is -2.09. The Morgan fingerprint density at radius 2 is 1.70 bits per heavy atom. The summed E-state index contributed by atoms with van der Waals surface area (Å²) in [4.78, 5) is 16.5. The van der Waals surface area contributed by atoms with E-state index in [-0.39, 0.29) is 23.6 Å². The van der Waals surface area contributed by atoms with Gasteiger partial charge in [-0.3, -0.25) is 4.98 Å². The van der Waals surface area contributed by atoms with Crippen molar-refractivity contribution in [3.05, 3.63) is 53.9 Å². The lowest BCUT2D eigenvalue weighted by Gasteiger charge is -2.14. The minimum Gasteiger partial charge on any atom is -0.385 e. The molecule has 3 N–H and O–H groups in total. The normalized spacial score (nSPS) is 14.3. The number of alkyl halides is 3. The highest BCUT2D eigenvalue weighted by Gasteiger charge is 2.42. The Morgan fingerprint density at radius 1 is 1.00 bits per heavy atom. The van der Waals surface area contributed by atoms with Crippen molar-refractivity contribution < 1.29 is 18.3 Å². The van der Waals surface area contributed by atoms with E-state index in [1.807, 2.05) is 52.0 Å². The molecule has 1 aliphatic carbocycles. The number of pyridine rings is 1. The van der Waals surface area contributed by atoms with Gasteiger partial charge in [-0.05, 0) is 50.5 Å². The molecule has 2 aromatic heterocycles. The van der Waals surface area contributed by atoms with Crippen LogP contribution in [-0.2, 0) is 11.8 Å². The van der Waals surface area contributed by atoms with Crippen molar-refractivity contribution in [2.75, 3.05) is 10.6 Å². The summed E-state index contributed by atoms with van der Waals surface area (Å²) in [6, 6.07) is 9.60. The molecule has 0 bridgehead atoms. The van der Waals surface area contributed by atoms with Crippen molar-refractivity contribution in [2.24, 2.45) is 0 Å². The van der Waals surface area contributed by atoms with Crippen LogP contribution < -0.4 is 10.6 Å². The molecule has 0 amide bonds. The van der Waals surface area contributed by atoms with E-state index < -0.39 is 17.5 Å². The van der Waals surface area contributed by atoms with Crippen LogP contribution in [-0.4, -0.2) is 31.1 Å². The van der Waals surface area contributed by atoms with Gasteiger partial charge >= 0.3 is 6.18 Å². The van der Waals surface area contributed by atoms with Crippen LogP contribution in [0.4, 0.5) is 30.8 Å². The monoisotopic (exact) mass is 460 g/mol. The lowest BCUT2D eigenvalue weighted by molar-refractivity contribution is -0.141. The highest BCUT2D eigenvalue weighted by molar-refractivity contribution is 5.62. The summed E-state index contributed by atoms with van der Waals surface area (Å²) < 4.78 is 38.9. The number of hydrogen-bond donors (Lipinski definition) is 3. The molecule has 7 nitrogen and oxygen atoms in total. The van der Waals surface area contributed by atoms with Gasteiger partial charge in [-0.2, -0.15) is 28.1 Å². The Hall–Kier alpha value is -3.27. The van der Waals surface area contributed by atoms with Gasteiger partial charge in [-0.1, -0.05) is 32.0 Å². The standard InChI is InChI=1S/C21H21F3N6O.C2H6/c1-12(2)26-18-28-17(13-4-3-5-14(10-13)20(31)7-8-20)29-19(30-18)27-15-6-9-25-16(11-15)21(22,23)24;1-2/h3-6,9-12,31H,7-8H2,1-2H3,(H2,25,26,27,28,29,30);1-2H3. The second-order valence-electron chi connectivity index (χ2n) is 7.77. The van der Waals surface area contributed by atoms with E-state index >= 15 is 0 Å². The summed E-state index contributed by atoms with van der Waals surface area (Å²) in [5, 5.41) is 16.3. The van der Waals surface area contributed by atoms with Crippen LogP contribution in [0.15, 0.2) is 42.6 Å². The molecule has 1 aromatic carbocycles. The lowest BCUT2D eigenvalue weighted by atomic mass is 10.0. The van der Waals surface area contributed by atoms with Crippen molar-refractivity contribution in [1.29, 1.82) is 0 Å². The number of nitrogens with zero attached hydrogens (tertiary/aromatic N) is 4. The smallest absolute Gasteiger partial charge is 0.385 e. The first-order valence-electron chi connectivity index (χ1n) is 10.8. The summed E-state index contributed by atoms with van der Waals surface area (Å²) in [5.41, 5.74) is -0.231. The molecule has 0 aliphatic heterocycles. The maximum absolute atomic E-state index is 13.0. The molecule has 1 fully saturated rings. The Bertz CT molecular complexity index is 1100. The molecule has 1 saturated carbocycles. The number of nitrogens with one attached hydrogen (secondary N) is 2. The summed E-state index contributed by atoms with van der Waals surface area (Å²) in [6.45, 7) is 7.83. The van der Waals surface area contributed by atoms with Gasteiger partial charge in [0.2, 0.25) is 11.9 Å². The Morgan fingerprint density at radius 3 is 2.33 bits per heavy atom. The summed E-state index contributed by atoms with van der Waals surface area (Å²) in [7, 11) is 0. The maximum Gasteiger partial charge on any atom is 0.433 e. The van der Waals surface area contributed by atoms with Crippen molar-refractivity contribution >= 4 is 17.6 Å². The second kappa shape index (κ2) is 9.70. The fourth-order valence-corrected chi connectivity index (χ4v) is 3.03. The maximum atomic E-state index is 13.0. The molecule has 176 valence electrons. The van der Waals surface area contributed by atoms with Gasteiger partial charge in [0.25, 0.3) is 0 Å². The molecule has 10 heteroatoms. The minimum atomic E-state index is -4.56. The predicted molar refractivity (Wildman–Crippen MR) is 121 cm³/mol. The number of aliphatic hydroxyl groups is 1. The van der Waals surface area contributed by atoms with Gasteiger partial charge in [-0.25, -0.2) is 0 Å². The molecule has 0 saturated heterocycles. The zero-order chi connectivity index (χ0) is 24.2. The first-order chi connectivity index (χ1) is 15.6. The molecular weight excluding hydrogens is 433 g/mol. The first-order valence-corrected chi connectivity index (χ1v) is 10.8. The molecule has 2 heterocycles. The Balaban J connectivity index is 0.00000149. The molecule has 33 heavy (non-hydrogen) atoms. The third kappa shape index (κ3) is 6.16. The third-order valence-corrected chi connectivity index (χ3v) is 4.74. The van der Waals surface area contributed by atoms with Crippen LogP contribution in [0.3, 0.4) is 0 Å². The summed E-state index contributed by atoms with van der Waals surface area (Å²) >= 11 is 0. The average Bonchev–Trinajstić information content (AvgIpc) is 3.53. The number of aromatic nitrogens is 4. The summed E-state index contributed by atoms with van der Waals surface area (Å²) in [5.74, 6) is 0.697. The fourth-order valence-electron chi connectivity index (χ4n) is 3.03. The second-order valence-corrected chi connectivity index (χ2v) is 7.77. The van der Waals surface area contributed by atoms with Crippen molar-refractivity contribution in [3.63, 3.8) is 0 Å². The van der Waals surface area contributed by atoms with Gasteiger partial charge < -0.3 is 15.7 Å². The topological polar surface area (TPSA) is 95.9 Å². The van der Waals surface area contributed by atoms with E-state index in [4.69, 9.17) is 0 Å². The SMILES string of the molecule is CC.CC(C)Nc1nc(Nc2ccnc(C(F)(F)F)c2)nc(-c2cccc(C3(O)CC3)c2)n1. The van der Waals surface area contributed by atoms with E-state index in [0.29, 0.717) is 24.2 Å². The van der Waals surface area contributed by atoms with Crippen LogP contribution in [0.2, 0.25) is 0 Å². The van der Waals surface area contributed by atoms with Gasteiger partial charge in [0.1, 0.15) is 5.69 Å². The zero-order valence-electron chi connectivity index (χ0n) is 18.9. The molecular formula is C23H27F3N6O. The molecule has 1 aliphatic rings. The zero-order valence-corrected chi connectivity index (χ0v) is 18.9. The number of hydrogen-bond acceptors (Lipinski definition) is 7. The van der Waals surface area contributed by atoms with Gasteiger partial charge in [-0.15, -0.1) is 0 Å². The van der Waals surface area contributed by atoms with Crippen LogP contribution in [0.25, 0.3) is 11.4 Å². The number of rotatable bonds is 6. The van der Waals surface area contributed by atoms with Crippen molar-refractivity contribution in [1.82, 2.24) is 19.9 Å². The molecule has 0 spiro atoms. The quantitative estimate of drug-likeness (QED) is 0.445. The molecule has 0 atom stereocenters. The fraction of sp³-hybridized carbons (Fsp3) is 0.391. The van der Waals surface area contributed by atoms with E-state index in [2.05, 4.69) is 30.6 Å². The Labute approximate surface area is 190 Å². The molecule has 3 aromatic rings. The van der Waals surface area contributed by atoms with Crippen molar-refractivity contribution in [2.45, 2.75) is 58.4 Å². The van der Waals surface area contributed by atoms with Crippen LogP contribution >= 0.6 is 0 Å². The predicted octanol–water partition coefficient (Wildman–Crippen LogP) is 5.52. The van der Waals surface area contributed by atoms with Gasteiger partial charge in [0.05, 0.1) is 5.60 Å². The van der Waals surface area contributed by atoms with E-state index in [9.17, 15) is 18.3 Å². The lowest BCUT2D eigenvalue weighted by Crippen LogP contribution is -2.15. The van der Waals surface area contributed by atoms with Crippen LogP contribution in [0.5, 0.6) is 0 Å². The van der Waals surface area contributed by atoms with E-state index in [1.54, 1.807) is 0 Å². The highest BCUT2D eigenvalue weighted by Crippen LogP contribution is 2.45. The van der Waals surface area contributed by atoms with E-state index in [1.165, 1.54) is 6.07 Å². The molecule has 0 unspecified atom stereocenters. The number of halogens is 3. The highest BCUT2D eigenvalue weighted by atomic mass is 19.4. The van der Waals surface area contributed by atoms with Crippen molar-refractivity contribution in [3.8, 4) is 11.4 Å². The minimum absolute atomic E-state index is 0.0272. The first kappa shape index (κ1) is 24.4. The molecule has 4 rings (SSSR count). The van der Waals surface area contributed by atoms with Gasteiger partial charge in [0, 0.05) is 23.5 Å². The molecule has 0 radical (unpaired) electrons. The van der Waals surface area contributed by atoms with Gasteiger partial charge in [0.15, 0.2) is 5.82 Å². The third-order valence-electron chi connectivity index (χ3n) is 4.74. The van der Waals surface area contributed by atoms with Crippen LogP contribution in [0.1, 0.15) is 51.8 Å².